The molecule has 106 valence electrons. The highest BCUT2D eigenvalue weighted by Crippen LogP contribution is 2.12. The minimum atomic E-state index is -3.60. The van der Waals surface area contributed by atoms with E-state index in [0.717, 1.165) is 5.56 Å². The highest BCUT2D eigenvalue weighted by Gasteiger charge is 2.13. The van der Waals surface area contributed by atoms with Crippen molar-refractivity contribution in [1.29, 1.82) is 0 Å². The van der Waals surface area contributed by atoms with Crippen molar-refractivity contribution >= 4 is 10.0 Å². The molecule has 2 aromatic carbocycles. The van der Waals surface area contributed by atoms with Crippen LogP contribution in [0.1, 0.15) is 11.1 Å². The quantitative estimate of drug-likeness (QED) is 0.882. The van der Waals surface area contributed by atoms with Crippen LogP contribution in [0.2, 0.25) is 0 Å². The molecule has 0 bridgehead atoms. The molecule has 0 aliphatic carbocycles. The van der Waals surface area contributed by atoms with Crippen LogP contribution in [0.3, 0.4) is 0 Å². The molecule has 0 aromatic heterocycles. The van der Waals surface area contributed by atoms with Crippen molar-refractivity contribution < 1.29 is 12.8 Å². The fraction of sp³-hybridized carbons (Fsp3) is 0.143. The second-order valence-corrected chi connectivity index (χ2v) is 6.07. The molecule has 3 N–H and O–H groups in total. The van der Waals surface area contributed by atoms with Crippen LogP contribution in [0.5, 0.6) is 0 Å². The zero-order valence-electron chi connectivity index (χ0n) is 10.7. The second-order valence-electron chi connectivity index (χ2n) is 4.30. The molecule has 0 aliphatic rings. The molecule has 0 unspecified atom stereocenters. The van der Waals surface area contributed by atoms with Gasteiger partial charge in [-0.3, -0.25) is 0 Å². The molecule has 0 saturated heterocycles. The third kappa shape index (κ3) is 3.63. The topological polar surface area (TPSA) is 72.2 Å². The molecule has 0 spiro atoms. The number of sulfonamides is 1. The Hall–Kier alpha value is -1.76. The first-order valence-corrected chi connectivity index (χ1v) is 7.53. The van der Waals surface area contributed by atoms with Crippen molar-refractivity contribution in [3.8, 4) is 0 Å². The number of rotatable bonds is 5. The highest BCUT2D eigenvalue weighted by atomic mass is 32.2. The number of nitrogens with one attached hydrogen (secondary N) is 1. The first-order chi connectivity index (χ1) is 9.51. The van der Waals surface area contributed by atoms with Crippen LogP contribution in [0.25, 0.3) is 0 Å². The van der Waals surface area contributed by atoms with Crippen molar-refractivity contribution in [2.75, 3.05) is 0 Å². The number of halogens is 1. The van der Waals surface area contributed by atoms with Crippen LogP contribution in [-0.4, -0.2) is 8.42 Å². The van der Waals surface area contributed by atoms with E-state index >= 15 is 0 Å². The molecule has 2 aromatic rings. The van der Waals surface area contributed by atoms with Gasteiger partial charge in [0.25, 0.3) is 0 Å². The van der Waals surface area contributed by atoms with E-state index in [1.807, 2.05) is 0 Å². The van der Waals surface area contributed by atoms with Gasteiger partial charge in [0.2, 0.25) is 10.0 Å². The van der Waals surface area contributed by atoms with Gasteiger partial charge in [-0.2, -0.15) is 0 Å². The smallest absolute Gasteiger partial charge is 0.240 e. The first kappa shape index (κ1) is 14.6. The first-order valence-electron chi connectivity index (χ1n) is 6.04. The summed E-state index contributed by atoms with van der Waals surface area (Å²) in [6, 6.07) is 12.1. The minimum Gasteiger partial charge on any atom is -0.326 e. The summed E-state index contributed by atoms with van der Waals surface area (Å²) >= 11 is 0. The van der Waals surface area contributed by atoms with Crippen molar-refractivity contribution in [2.45, 2.75) is 18.0 Å². The molecule has 2 rings (SSSR count). The average Bonchev–Trinajstić information content (AvgIpc) is 2.47. The molecule has 20 heavy (non-hydrogen) atoms. The van der Waals surface area contributed by atoms with Gasteiger partial charge in [0.1, 0.15) is 5.82 Å². The van der Waals surface area contributed by atoms with Gasteiger partial charge in [0.05, 0.1) is 4.90 Å². The van der Waals surface area contributed by atoms with Crippen molar-refractivity contribution in [1.82, 2.24) is 4.72 Å². The predicted molar refractivity (Wildman–Crippen MR) is 74.8 cm³/mol. The maximum absolute atomic E-state index is 12.8. The third-order valence-electron chi connectivity index (χ3n) is 2.82. The molecule has 0 amide bonds. The van der Waals surface area contributed by atoms with E-state index in [9.17, 15) is 12.8 Å². The number of hydrogen-bond donors (Lipinski definition) is 2. The SMILES string of the molecule is NCc1cccc(S(=O)(=O)NCc2ccc(F)cc2)c1. The van der Waals surface area contributed by atoms with E-state index in [-0.39, 0.29) is 23.8 Å². The van der Waals surface area contributed by atoms with Crippen LogP contribution in [0.15, 0.2) is 53.4 Å². The summed E-state index contributed by atoms with van der Waals surface area (Å²) in [5.74, 6) is -0.354. The lowest BCUT2D eigenvalue weighted by Crippen LogP contribution is -2.23. The van der Waals surface area contributed by atoms with E-state index in [1.165, 1.54) is 36.4 Å². The molecular formula is C14H15FN2O2S. The normalized spacial score (nSPS) is 11.5. The van der Waals surface area contributed by atoms with E-state index in [4.69, 9.17) is 5.73 Å². The van der Waals surface area contributed by atoms with Gasteiger partial charge in [0.15, 0.2) is 0 Å². The summed E-state index contributed by atoms with van der Waals surface area (Å²) < 4.78 is 39.5. The van der Waals surface area contributed by atoms with Crippen molar-refractivity contribution in [2.24, 2.45) is 5.73 Å². The zero-order chi connectivity index (χ0) is 14.6. The molecular weight excluding hydrogens is 279 g/mol. The maximum atomic E-state index is 12.8. The van der Waals surface area contributed by atoms with Crippen LogP contribution in [0, 0.1) is 5.82 Å². The van der Waals surface area contributed by atoms with Gasteiger partial charge in [-0.05, 0) is 35.4 Å². The molecule has 0 fully saturated rings. The maximum Gasteiger partial charge on any atom is 0.240 e. The fourth-order valence-corrected chi connectivity index (χ4v) is 2.79. The summed E-state index contributed by atoms with van der Waals surface area (Å²) in [5, 5.41) is 0. The van der Waals surface area contributed by atoms with Crippen LogP contribution < -0.4 is 10.5 Å². The summed E-state index contributed by atoms with van der Waals surface area (Å²) in [7, 11) is -3.60. The Kier molecular flexibility index (Phi) is 4.49. The van der Waals surface area contributed by atoms with Gasteiger partial charge in [0, 0.05) is 13.1 Å². The Bertz CT molecular complexity index is 685. The van der Waals surface area contributed by atoms with Crippen LogP contribution in [-0.2, 0) is 23.1 Å². The lowest BCUT2D eigenvalue weighted by molar-refractivity contribution is 0.581. The summed E-state index contributed by atoms with van der Waals surface area (Å²) in [4.78, 5) is 0.169. The van der Waals surface area contributed by atoms with Gasteiger partial charge in [-0.1, -0.05) is 24.3 Å². The largest absolute Gasteiger partial charge is 0.326 e. The second kappa shape index (κ2) is 6.13. The van der Waals surface area contributed by atoms with E-state index in [0.29, 0.717) is 5.56 Å². The molecule has 0 atom stereocenters. The summed E-state index contributed by atoms with van der Waals surface area (Å²) in [5.41, 5.74) is 6.92. The van der Waals surface area contributed by atoms with E-state index in [1.54, 1.807) is 12.1 Å². The highest BCUT2D eigenvalue weighted by molar-refractivity contribution is 7.89. The van der Waals surface area contributed by atoms with Crippen molar-refractivity contribution in [3.63, 3.8) is 0 Å². The Morgan fingerprint density at radius 2 is 1.75 bits per heavy atom. The molecule has 0 aliphatic heterocycles. The Labute approximate surface area is 117 Å². The molecule has 0 heterocycles. The monoisotopic (exact) mass is 294 g/mol. The van der Waals surface area contributed by atoms with Crippen LogP contribution in [0.4, 0.5) is 4.39 Å². The van der Waals surface area contributed by atoms with Gasteiger partial charge < -0.3 is 5.73 Å². The van der Waals surface area contributed by atoms with Gasteiger partial charge in [-0.25, -0.2) is 17.5 Å². The lowest BCUT2D eigenvalue weighted by Gasteiger charge is -2.08. The van der Waals surface area contributed by atoms with Gasteiger partial charge >= 0.3 is 0 Å². The molecule has 6 heteroatoms. The Morgan fingerprint density at radius 1 is 1.05 bits per heavy atom. The van der Waals surface area contributed by atoms with E-state index in [2.05, 4.69) is 4.72 Å². The minimum absolute atomic E-state index is 0.107. The number of benzene rings is 2. The Morgan fingerprint density at radius 3 is 2.40 bits per heavy atom. The fourth-order valence-electron chi connectivity index (χ4n) is 1.70. The van der Waals surface area contributed by atoms with Gasteiger partial charge in [-0.15, -0.1) is 0 Å². The standard InChI is InChI=1S/C14H15FN2O2S/c15-13-6-4-11(5-7-13)10-17-20(18,19)14-3-1-2-12(8-14)9-16/h1-8,17H,9-10,16H2. The van der Waals surface area contributed by atoms with Crippen molar-refractivity contribution in [3.05, 3.63) is 65.5 Å². The van der Waals surface area contributed by atoms with Crippen LogP contribution >= 0.6 is 0 Å². The Balaban J connectivity index is 2.12. The van der Waals surface area contributed by atoms with E-state index < -0.39 is 10.0 Å². The number of nitrogens with two attached hydrogens (primary N) is 1. The number of hydrogen-bond acceptors (Lipinski definition) is 3. The average molecular weight is 294 g/mol. The molecule has 0 radical (unpaired) electrons. The summed E-state index contributed by atoms with van der Waals surface area (Å²) in [6.45, 7) is 0.386. The third-order valence-corrected chi connectivity index (χ3v) is 4.22. The molecule has 0 saturated carbocycles. The molecule has 4 nitrogen and oxygen atoms in total. The zero-order valence-corrected chi connectivity index (χ0v) is 11.5. The lowest BCUT2D eigenvalue weighted by atomic mass is 10.2. The predicted octanol–water partition coefficient (Wildman–Crippen LogP) is 1.76. The summed E-state index contributed by atoms with van der Waals surface area (Å²) in [6.07, 6.45) is 0.